The first-order valence-electron chi connectivity index (χ1n) is 6.36. The number of amides is 1. The molecule has 3 nitrogen and oxygen atoms in total. The maximum absolute atomic E-state index is 12.4. The van der Waals surface area contributed by atoms with Crippen LogP contribution in [0.5, 0.6) is 0 Å². The number of carbonyl (C=O) groups excluding carboxylic acids is 1. The summed E-state index contributed by atoms with van der Waals surface area (Å²) >= 11 is 6.83. The molecule has 104 valence electrons. The van der Waals surface area contributed by atoms with E-state index in [1.807, 2.05) is 25.2 Å². The van der Waals surface area contributed by atoms with Gasteiger partial charge in [0, 0.05) is 29.1 Å². The average Bonchev–Trinajstić information content (AvgIpc) is 2.42. The van der Waals surface area contributed by atoms with Gasteiger partial charge in [0.05, 0.1) is 12.2 Å². The van der Waals surface area contributed by atoms with Gasteiger partial charge in [-0.1, -0.05) is 15.9 Å². The Kier molecular flexibility index (Phi) is 5.42. The molecule has 1 aliphatic rings. The standard InChI is InChI=1S/C14H17Br2NO2/c1-17(8-10-3-2-6-19-9-10)14(18)12-7-11(15)4-5-13(12)16/h4-5,7,10H,2-3,6,8-9H2,1H3. The Bertz CT molecular complexity index is 459. The number of benzene rings is 1. The lowest BCUT2D eigenvalue weighted by atomic mass is 10.0. The van der Waals surface area contributed by atoms with Gasteiger partial charge in [0.15, 0.2) is 0 Å². The van der Waals surface area contributed by atoms with E-state index in [1.165, 1.54) is 0 Å². The molecule has 0 bridgehead atoms. The van der Waals surface area contributed by atoms with Crippen LogP contribution in [0.1, 0.15) is 23.2 Å². The molecule has 0 saturated carbocycles. The third-order valence-electron chi connectivity index (χ3n) is 3.29. The third kappa shape index (κ3) is 4.04. The van der Waals surface area contributed by atoms with E-state index in [-0.39, 0.29) is 5.91 Å². The van der Waals surface area contributed by atoms with Crippen molar-refractivity contribution in [3.63, 3.8) is 0 Å². The van der Waals surface area contributed by atoms with E-state index in [4.69, 9.17) is 4.74 Å². The molecule has 0 aromatic heterocycles. The van der Waals surface area contributed by atoms with Crippen LogP contribution in [-0.4, -0.2) is 37.6 Å². The van der Waals surface area contributed by atoms with Crippen LogP contribution < -0.4 is 0 Å². The molecule has 19 heavy (non-hydrogen) atoms. The van der Waals surface area contributed by atoms with Gasteiger partial charge >= 0.3 is 0 Å². The predicted octanol–water partition coefficient (Wildman–Crippen LogP) is 3.71. The lowest BCUT2D eigenvalue weighted by Crippen LogP contribution is -2.35. The van der Waals surface area contributed by atoms with Crippen LogP contribution in [0.15, 0.2) is 27.1 Å². The van der Waals surface area contributed by atoms with Crippen LogP contribution in [-0.2, 0) is 4.74 Å². The summed E-state index contributed by atoms with van der Waals surface area (Å²) in [6, 6.07) is 5.64. The van der Waals surface area contributed by atoms with Crippen molar-refractivity contribution in [1.82, 2.24) is 4.90 Å². The topological polar surface area (TPSA) is 29.5 Å². The van der Waals surface area contributed by atoms with Gasteiger partial charge in [-0.25, -0.2) is 0 Å². The van der Waals surface area contributed by atoms with Gasteiger partial charge in [0.2, 0.25) is 0 Å². The van der Waals surface area contributed by atoms with Gasteiger partial charge in [-0.05, 0) is 52.9 Å². The maximum atomic E-state index is 12.4. The lowest BCUT2D eigenvalue weighted by Gasteiger charge is -2.27. The van der Waals surface area contributed by atoms with E-state index in [1.54, 1.807) is 4.90 Å². The summed E-state index contributed by atoms with van der Waals surface area (Å²) in [7, 11) is 1.85. The molecule has 0 aliphatic carbocycles. The molecule has 1 aromatic rings. The molecule has 1 amide bonds. The first-order chi connectivity index (χ1) is 9.08. The van der Waals surface area contributed by atoms with Crippen molar-refractivity contribution in [2.24, 2.45) is 5.92 Å². The summed E-state index contributed by atoms with van der Waals surface area (Å²) in [4.78, 5) is 14.2. The highest BCUT2D eigenvalue weighted by Crippen LogP contribution is 2.23. The largest absolute Gasteiger partial charge is 0.381 e. The summed E-state index contributed by atoms with van der Waals surface area (Å²) in [5, 5.41) is 0. The number of halogens is 2. The summed E-state index contributed by atoms with van der Waals surface area (Å²) in [6.07, 6.45) is 2.23. The van der Waals surface area contributed by atoms with Crippen LogP contribution >= 0.6 is 31.9 Å². The SMILES string of the molecule is CN(CC1CCCOC1)C(=O)c1cc(Br)ccc1Br. The normalized spacial score (nSPS) is 19.2. The smallest absolute Gasteiger partial charge is 0.254 e. The Hall–Kier alpha value is -0.390. The highest BCUT2D eigenvalue weighted by Gasteiger charge is 2.21. The lowest BCUT2D eigenvalue weighted by molar-refractivity contribution is 0.0388. The van der Waals surface area contributed by atoms with Crippen LogP contribution in [0.2, 0.25) is 0 Å². The Morgan fingerprint density at radius 2 is 2.26 bits per heavy atom. The van der Waals surface area contributed by atoms with Crippen molar-refractivity contribution >= 4 is 37.8 Å². The fourth-order valence-electron chi connectivity index (χ4n) is 2.29. The average molecular weight is 391 g/mol. The first-order valence-corrected chi connectivity index (χ1v) is 7.95. The molecule has 1 aromatic carbocycles. The van der Waals surface area contributed by atoms with E-state index < -0.39 is 0 Å². The quantitative estimate of drug-likeness (QED) is 0.787. The molecule has 1 aliphatic heterocycles. The molecule has 5 heteroatoms. The zero-order valence-corrected chi connectivity index (χ0v) is 14.0. The Labute approximate surface area is 130 Å². The number of ether oxygens (including phenoxy) is 1. The van der Waals surface area contributed by atoms with Gasteiger partial charge in [-0.2, -0.15) is 0 Å². The minimum Gasteiger partial charge on any atom is -0.381 e. The molecule has 1 unspecified atom stereocenters. The van der Waals surface area contributed by atoms with Crippen molar-refractivity contribution in [2.75, 3.05) is 26.8 Å². The van der Waals surface area contributed by atoms with Crippen LogP contribution in [0.25, 0.3) is 0 Å². The first kappa shape index (κ1) is 15.0. The van der Waals surface area contributed by atoms with Gasteiger partial charge in [0.25, 0.3) is 5.91 Å². The molecule has 1 fully saturated rings. The van der Waals surface area contributed by atoms with Gasteiger partial charge in [0.1, 0.15) is 0 Å². The van der Waals surface area contributed by atoms with Crippen molar-refractivity contribution in [3.8, 4) is 0 Å². The number of hydrogen-bond acceptors (Lipinski definition) is 2. The van der Waals surface area contributed by atoms with Crippen LogP contribution in [0.3, 0.4) is 0 Å². The molecular formula is C14H17Br2NO2. The summed E-state index contributed by atoms with van der Waals surface area (Å²) < 4.78 is 7.19. The summed E-state index contributed by atoms with van der Waals surface area (Å²) in [6.45, 7) is 2.36. The Morgan fingerprint density at radius 1 is 1.47 bits per heavy atom. The minimum absolute atomic E-state index is 0.0405. The molecule has 0 radical (unpaired) electrons. The molecule has 0 spiro atoms. The zero-order valence-electron chi connectivity index (χ0n) is 10.9. The van der Waals surface area contributed by atoms with Gasteiger partial charge < -0.3 is 9.64 Å². The predicted molar refractivity (Wildman–Crippen MR) is 82.3 cm³/mol. The third-order valence-corrected chi connectivity index (χ3v) is 4.48. The second kappa shape index (κ2) is 6.86. The monoisotopic (exact) mass is 389 g/mol. The van der Waals surface area contributed by atoms with E-state index in [0.29, 0.717) is 11.5 Å². The van der Waals surface area contributed by atoms with Crippen molar-refractivity contribution in [1.29, 1.82) is 0 Å². The fourth-order valence-corrected chi connectivity index (χ4v) is 3.07. The maximum Gasteiger partial charge on any atom is 0.254 e. The number of carbonyl (C=O) groups is 1. The van der Waals surface area contributed by atoms with E-state index in [2.05, 4.69) is 31.9 Å². The molecule has 2 rings (SSSR count). The minimum atomic E-state index is 0.0405. The molecule has 0 N–H and O–H groups in total. The van der Waals surface area contributed by atoms with Crippen LogP contribution in [0, 0.1) is 5.92 Å². The van der Waals surface area contributed by atoms with Gasteiger partial charge in [-0.3, -0.25) is 4.79 Å². The van der Waals surface area contributed by atoms with Crippen molar-refractivity contribution in [2.45, 2.75) is 12.8 Å². The fraction of sp³-hybridized carbons (Fsp3) is 0.500. The molecular weight excluding hydrogens is 374 g/mol. The molecule has 1 atom stereocenters. The number of hydrogen-bond donors (Lipinski definition) is 0. The second-order valence-corrected chi connectivity index (χ2v) is 6.66. The zero-order chi connectivity index (χ0) is 13.8. The van der Waals surface area contributed by atoms with Crippen molar-refractivity contribution < 1.29 is 9.53 Å². The molecule has 1 saturated heterocycles. The highest BCUT2D eigenvalue weighted by molar-refractivity contribution is 9.11. The van der Waals surface area contributed by atoms with Gasteiger partial charge in [-0.15, -0.1) is 0 Å². The van der Waals surface area contributed by atoms with E-state index in [9.17, 15) is 4.79 Å². The Morgan fingerprint density at radius 3 is 2.95 bits per heavy atom. The van der Waals surface area contributed by atoms with Crippen LogP contribution in [0.4, 0.5) is 0 Å². The highest BCUT2D eigenvalue weighted by atomic mass is 79.9. The van der Waals surface area contributed by atoms with Crippen molar-refractivity contribution in [3.05, 3.63) is 32.7 Å². The van der Waals surface area contributed by atoms with E-state index >= 15 is 0 Å². The van der Waals surface area contributed by atoms with E-state index in [0.717, 1.165) is 41.5 Å². The number of nitrogens with zero attached hydrogens (tertiary/aromatic N) is 1. The summed E-state index contributed by atoms with van der Waals surface area (Å²) in [5.41, 5.74) is 0.689. The second-order valence-electron chi connectivity index (χ2n) is 4.89. The summed E-state index contributed by atoms with van der Waals surface area (Å²) in [5.74, 6) is 0.493. The molecule has 1 heterocycles. The number of rotatable bonds is 3. The Balaban J connectivity index is 2.03.